The first-order chi connectivity index (χ1) is 9.56. The van der Waals surface area contributed by atoms with Crippen LogP contribution in [0.5, 0.6) is 5.75 Å². The van der Waals surface area contributed by atoms with E-state index in [2.05, 4.69) is 0 Å². The molecular formula is C15H18O5. The molecule has 1 aromatic rings. The number of carbonyl (C=O) groups excluding carboxylic acids is 2. The molecule has 0 atom stereocenters. The number of rotatable bonds is 6. The third kappa shape index (κ3) is 5.14. The van der Waals surface area contributed by atoms with Crippen molar-refractivity contribution in [3.8, 4) is 5.75 Å². The van der Waals surface area contributed by atoms with Crippen molar-refractivity contribution in [2.75, 3.05) is 13.2 Å². The zero-order valence-electron chi connectivity index (χ0n) is 11.6. The zero-order chi connectivity index (χ0) is 15.0. The maximum atomic E-state index is 11.8. The van der Waals surface area contributed by atoms with Crippen molar-refractivity contribution in [3.63, 3.8) is 0 Å². The summed E-state index contributed by atoms with van der Waals surface area (Å²) in [6, 6.07) is 6.28. The van der Waals surface area contributed by atoms with Crippen molar-refractivity contribution in [1.29, 1.82) is 0 Å². The molecule has 0 saturated carbocycles. The van der Waals surface area contributed by atoms with Crippen molar-refractivity contribution < 1.29 is 24.2 Å². The fourth-order valence-electron chi connectivity index (χ4n) is 1.55. The Labute approximate surface area is 117 Å². The second-order valence-corrected chi connectivity index (χ2v) is 3.96. The summed E-state index contributed by atoms with van der Waals surface area (Å²) in [5.41, 5.74) is 0.908. The summed E-state index contributed by atoms with van der Waals surface area (Å²) < 4.78 is 9.74. The van der Waals surface area contributed by atoms with Gasteiger partial charge in [-0.1, -0.05) is 12.1 Å². The normalized spacial score (nSPS) is 11.0. The van der Waals surface area contributed by atoms with Crippen molar-refractivity contribution in [2.45, 2.75) is 20.3 Å². The molecule has 1 aromatic carbocycles. The first kappa shape index (κ1) is 15.8. The van der Waals surface area contributed by atoms with Gasteiger partial charge in [-0.25, -0.2) is 4.79 Å². The van der Waals surface area contributed by atoms with E-state index in [0.29, 0.717) is 5.56 Å². The van der Waals surface area contributed by atoms with Crippen LogP contribution >= 0.6 is 0 Å². The molecule has 0 aromatic heterocycles. The Morgan fingerprint density at radius 3 is 2.25 bits per heavy atom. The Morgan fingerprint density at radius 2 is 1.70 bits per heavy atom. The van der Waals surface area contributed by atoms with E-state index in [1.54, 1.807) is 32.1 Å². The fraction of sp³-hybridized carbons (Fsp3) is 0.333. The standard InChI is InChI=1S/C15H18O5/c1-3-19-14(17)10-12(15(18)20-4-2)9-11-5-7-13(16)8-6-11/h5-9,16H,3-4,10H2,1-2H3. The largest absolute Gasteiger partial charge is 0.508 e. The van der Waals surface area contributed by atoms with Gasteiger partial charge in [-0.05, 0) is 37.6 Å². The average Bonchev–Trinajstić information content (AvgIpc) is 2.41. The molecule has 0 aliphatic rings. The van der Waals surface area contributed by atoms with E-state index in [9.17, 15) is 14.7 Å². The number of esters is 2. The molecule has 0 fully saturated rings. The first-order valence-electron chi connectivity index (χ1n) is 6.39. The van der Waals surface area contributed by atoms with E-state index in [-0.39, 0.29) is 31.0 Å². The number of phenols is 1. The summed E-state index contributed by atoms with van der Waals surface area (Å²) in [5.74, 6) is -0.899. The van der Waals surface area contributed by atoms with E-state index in [0.717, 1.165) is 0 Å². The molecule has 20 heavy (non-hydrogen) atoms. The molecule has 0 aliphatic heterocycles. The van der Waals surface area contributed by atoms with Crippen LogP contribution in [0.3, 0.4) is 0 Å². The Kier molecular flexibility index (Phi) is 6.29. The van der Waals surface area contributed by atoms with Gasteiger partial charge in [-0.3, -0.25) is 4.79 Å². The molecule has 1 rings (SSSR count). The second kappa shape index (κ2) is 7.99. The smallest absolute Gasteiger partial charge is 0.334 e. The minimum Gasteiger partial charge on any atom is -0.508 e. The number of benzene rings is 1. The van der Waals surface area contributed by atoms with Gasteiger partial charge in [-0.2, -0.15) is 0 Å². The molecule has 0 spiro atoms. The van der Waals surface area contributed by atoms with Crippen LogP contribution in [-0.2, 0) is 19.1 Å². The van der Waals surface area contributed by atoms with E-state index >= 15 is 0 Å². The number of hydrogen-bond donors (Lipinski definition) is 1. The van der Waals surface area contributed by atoms with Gasteiger partial charge in [0, 0.05) is 5.57 Å². The Hall–Kier alpha value is -2.30. The van der Waals surface area contributed by atoms with Crippen LogP contribution in [0.25, 0.3) is 6.08 Å². The van der Waals surface area contributed by atoms with Crippen LogP contribution in [0.15, 0.2) is 29.8 Å². The van der Waals surface area contributed by atoms with E-state index in [4.69, 9.17) is 9.47 Å². The van der Waals surface area contributed by atoms with E-state index in [1.165, 1.54) is 12.1 Å². The summed E-state index contributed by atoms with van der Waals surface area (Å²) in [5, 5.41) is 9.21. The highest BCUT2D eigenvalue weighted by atomic mass is 16.5. The summed E-state index contributed by atoms with van der Waals surface area (Å²) in [7, 11) is 0. The Morgan fingerprint density at radius 1 is 1.10 bits per heavy atom. The minimum atomic E-state index is -0.548. The van der Waals surface area contributed by atoms with Crippen molar-refractivity contribution in [1.82, 2.24) is 0 Å². The summed E-state index contributed by atoms with van der Waals surface area (Å²) >= 11 is 0. The minimum absolute atomic E-state index is 0.130. The number of aromatic hydroxyl groups is 1. The molecule has 0 aliphatic carbocycles. The lowest BCUT2D eigenvalue weighted by Gasteiger charge is -2.07. The van der Waals surface area contributed by atoms with Crippen LogP contribution in [-0.4, -0.2) is 30.3 Å². The first-order valence-corrected chi connectivity index (χ1v) is 6.39. The number of phenolic OH excluding ortho intramolecular Hbond substituents is 1. The lowest BCUT2D eigenvalue weighted by atomic mass is 10.1. The van der Waals surface area contributed by atoms with Gasteiger partial charge >= 0.3 is 11.9 Å². The van der Waals surface area contributed by atoms with Crippen LogP contribution < -0.4 is 0 Å². The molecule has 0 bridgehead atoms. The van der Waals surface area contributed by atoms with Crippen LogP contribution in [0.1, 0.15) is 25.8 Å². The molecule has 1 N–H and O–H groups in total. The topological polar surface area (TPSA) is 72.8 Å². The zero-order valence-corrected chi connectivity index (χ0v) is 11.6. The second-order valence-electron chi connectivity index (χ2n) is 3.96. The van der Waals surface area contributed by atoms with Gasteiger partial charge in [0.25, 0.3) is 0 Å². The lowest BCUT2D eigenvalue weighted by molar-refractivity contribution is -0.145. The predicted octanol–water partition coefficient (Wildman–Crippen LogP) is 2.29. The van der Waals surface area contributed by atoms with Crippen molar-refractivity contribution >= 4 is 18.0 Å². The van der Waals surface area contributed by atoms with Gasteiger partial charge in [0.1, 0.15) is 5.75 Å². The van der Waals surface area contributed by atoms with Gasteiger partial charge in [-0.15, -0.1) is 0 Å². The van der Waals surface area contributed by atoms with Gasteiger partial charge in [0.15, 0.2) is 0 Å². The Bertz CT molecular complexity index is 487. The molecule has 108 valence electrons. The number of hydrogen-bond acceptors (Lipinski definition) is 5. The molecule has 5 heteroatoms. The highest BCUT2D eigenvalue weighted by Crippen LogP contribution is 2.16. The van der Waals surface area contributed by atoms with Crippen LogP contribution in [0, 0.1) is 0 Å². The molecule has 5 nitrogen and oxygen atoms in total. The van der Waals surface area contributed by atoms with Gasteiger partial charge in [0.05, 0.1) is 19.6 Å². The third-order valence-electron chi connectivity index (χ3n) is 2.41. The van der Waals surface area contributed by atoms with Crippen LogP contribution in [0.2, 0.25) is 0 Å². The fourth-order valence-corrected chi connectivity index (χ4v) is 1.55. The maximum absolute atomic E-state index is 11.8. The highest BCUT2D eigenvalue weighted by Gasteiger charge is 2.16. The van der Waals surface area contributed by atoms with Gasteiger partial charge in [0.2, 0.25) is 0 Å². The van der Waals surface area contributed by atoms with Crippen molar-refractivity contribution in [3.05, 3.63) is 35.4 Å². The molecule has 0 radical (unpaired) electrons. The summed E-state index contributed by atoms with van der Waals surface area (Å²) in [6.45, 7) is 3.88. The third-order valence-corrected chi connectivity index (χ3v) is 2.41. The molecule has 0 amide bonds. The molecular weight excluding hydrogens is 260 g/mol. The van der Waals surface area contributed by atoms with E-state index < -0.39 is 11.9 Å². The Balaban J connectivity index is 2.93. The lowest BCUT2D eigenvalue weighted by Crippen LogP contribution is -2.13. The average molecular weight is 278 g/mol. The summed E-state index contributed by atoms with van der Waals surface area (Å²) in [4.78, 5) is 23.3. The molecule has 0 saturated heterocycles. The number of ether oxygens (including phenoxy) is 2. The van der Waals surface area contributed by atoms with Crippen molar-refractivity contribution in [2.24, 2.45) is 0 Å². The van der Waals surface area contributed by atoms with Gasteiger partial charge < -0.3 is 14.6 Å². The molecule has 0 heterocycles. The highest BCUT2D eigenvalue weighted by molar-refractivity contribution is 5.98. The quantitative estimate of drug-likeness (QED) is 0.638. The van der Waals surface area contributed by atoms with E-state index in [1.807, 2.05) is 0 Å². The number of carbonyl (C=O) groups is 2. The maximum Gasteiger partial charge on any atom is 0.334 e. The van der Waals surface area contributed by atoms with Crippen LogP contribution in [0.4, 0.5) is 0 Å². The summed E-state index contributed by atoms with van der Waals surface area (Å²) in [6.07, 6.45) is 1.40. The molecule has 0 unspecified atom stereocenters. The monoisotopic (exact) mass is 278 g/mol. The SMILES string of the molecule is CCOC(=O)CC(=Cc1ccc(O)cc1)C(=O)OCC. The predicted molar refractivity (Wildman–Crippen MR) is 74.0 cm³/mol.